The molecule has 0 aliphatic carbocycles. The number of rotatable bonds is 5. The zero-order chi connectivity index (χ0) is 12.8. The Hall–Kier alpha value is -1.59. The van der Waals surface area contributed by atoms with E-state index in [9.17, 15) is 14.4 Å². The number of carbonyl (C=O) groups is 3. The minimum atomic E-state index is -0.627. The van der Waals surface area contributed by atoms with E-state index >= 15 is 0 Å². The van der Waals surface area contributed by atoms with Gasteiger partial charge in [-0.2, -0.15) is 0 Å². The topological polar surface area (TPSA) is 66.9 Å². The van der Waals surface area contributed by atoms with Crippen LogP contribution in [0.1, 0.15) is 39.5 Å². The molecule has 0 unspecified atom stereocenters. The van der Waals surface area contributed by atoms with Crippen LogP contribution in [0.5, 0.6) is 0 Å². The van der Waals surface area contributed by atoms with Gasteiger partial charge in [-0.05, 0) is 12.8 Å². The minimum absolute atomic E-state index is 0.119. The molecule has 0 radical (unpaired) electrons. The van der Waals surface area contributed by atoms with Crippen molar-refractivity contribution in [2.75, 3.05) is 13.1 Å². The summed E-state index contributed by atoms with van der Waals surface area (Å²) in [5, 5.41) is 0.584. The number of hydrogen-bond donors (Lipinski definition) is 0. The zero-order valence-electron chi connectivity index (χ0n) is 10.3. The molecule has 6 nitrogen and oxygen atoms in total. The van der Waals surface area contributed by atoms with Crippen molar-refractivity contribution >= 4 is 17.9 Å². The molecule has 96 valence electrons. The molecule has 0 saturated carbocycles. The Morgan fingerprint density at radius 3 is 2.06 bits per heavy atom. The van der Waals surface area contributed by atoms with Gasteiger partial charge >= 0.3 is 6.09 Å². The van der Waals surface area contributed by atoms with E-state index < -0.39 is 17.9 Å². The summed E-state index contributed by atoms with van der Waals surface area (Å²) in [5.41, 5.74) is 0. The lowest BCUT2D eigenvalue weighted by atomic mass is 10.4. The monoisotopic (exact) mass is 242 g/mol. The van der Waals surface area contributed by atoms with Crippen LogP contribution in [0.3, 0.4) is 0 Å². The van der Waals surface area contributed by atoms with Gasteiger partial charge in [-0.1, -0.05) is 13.8 Å². The van der Waals surface area contributed by atoms with E-state index in [-0.39, 0.29) is 12.8 Å². The molecule has 0 N–H and O–H groups in total. The van der Waals surface area contributed by atoms with Crippen molar-refractivity contribution in [3.63, 3.8) is 0 Å². The van der Waals surface area contributed by atoms with Crippen LogP contribution >= 0.6 is 0 Å². The highest BCUT2D eigenvalue weighted by Crippen LogP contribution is 2.13. The van der Waals surface area contributed by atoms with Crippen LogP contribution in [0.2, 0.25) is 0 Å². The minimum Gasteiger partial charge on any atom is -0.311 e. The number of amides is 3. The van der Waals surface area contributed by atoms with Crippen molar-refractivity contribution in [2.45, 2.75) is 39.5 Å². The van der Waals surface area contributed by atoms with E-state index in [1.165, 1.54) is 4.90 Å². The fourth-order valence-electron chi connectivity index (χ4n) is 1.63. The van der Waals surface area contributed by atoms with Crippen molar-refractivity contribution < 1.29 is 19.2 Å². The van der Waals surface area contributed by atoms with Crippen LogP contribution in [0.4, 0.5) is 4.79 Å². The smallest absolute Gasteiger partial charge is 0.311 e. The second-order valence-electron chi connectivity index (χ2n) is 3.93. The van der Waals surface area contributed by atoms with Crippen molar-refractivity contribution in [2.24, 2.45) is 0 Å². The van der Waals surface area contributed by atoms with E-state index in [2.05, 4.69) is 0 Å². The third-order valence-electron chi connectivity index (χ3n) is 2.42. The maximum atomic E-state index is 11.7. The van der Waals surface area contributed by atoms with Crippen LogP contribution in [0, 0.1) is 0 Å². The summed E-state index contributed by atoms with van der Waals surface area (Å²) in [7, 11) is 0. The predicted molar refractivity (Wildman–Crippen MR) is 59.7 cm³/mol. The molecule has 6 heteroatoms. The largest absolute Gasteiger partial charge is 0.434 e. The average molecular weight is 242 g/mol. The molecular formula is C11H18N2O4. The average Bonchev–Trinajstić information content (AvgIpc) is 2.60. The molecule has 0 aromatic carbocycles. The number of carbonyl (C=O) groups excluding carboxylic acids is 3. The number of nitrogens with zero attached hydrogens (tertiary/aromatic N) is 2. The highest BCUT2D eigenvalue weighted by molar-refractivity contribution is 6.01. The van der Waals surface area contributed by atoms with Gasteiger partial charge in [-0.25, -0.2) is 4.79 Å². The lowest BCUT2D eigenvalue weighted by molar-refractivity contribution is -0.173. The first-order valence-corrected chi connectivity index (χ1v) is 5.92. The van der Waals surface area contributed by atoms with E-state index in [1.807, 2.05) is 13.8 Å². The highest BCUT2D eigenvalue weighted by Gasteiger charge is 2.33. The summed E-state index contributed by atoms with van der Waals surface area (Å²) in [6.45, 7) is 5.01. The van der Waals surface area contributed by atoms with Gasteiger partial charge in [0, 0.05) is 25.9 Å². The van der Waals surface area contributed by atoms with E-state index in [0.29, 0.717) is 18.2 Å². The van der Waals surface area contributed by atoms with Crippen molar-refractivity contribution in [1.29, 1.82) is 0 Å². The molecule has 0 spiro atoms. The first-order valence-electron chi connectivity index (χ1n) is 5.92. The maximum absolute atomic E-state index is 11.7. The molecule has 0 aromatic rings. The van der Waals surface area contributed by atoms with E-state index in [4.69, 9.17) is 4.84 Å². The summed E-state index contributed by atoms with van der Waals surface area (Å²) in [6.07, 6.45) is 1.22. The Balaban J connectivity index is 2.56. The number of hydroxylamine groups is 2. The third-order valence-corrected chi connectivity index (χ3v) is 2.42. The number of imide groups is 1. The highest BCUT2D eigenvalue weighted by atomic mass is 16.7. The summed E-state index contributed by atoms with van der Waals surface area (Å²) in [4.78, 5) is 40.6. The second kappa shape index (κ2) is 6.22. The van der Waals surface area contributed by atoms with E-state index in [1.54, 1.807) is 0 Å². The van der Waals surface area contributed by atoms with Crippen LogP contribution in [-0.4, -0.2) is 41.0 Å². The van der Waals surface area contributed by atoms with Gasteiger partial charge in [-0.15, -0.1) is 5.06 Å². The molecule has 1 aliphatic rings. The second-order valence-corrected chi connectivity index (χ2v) is 3.93. The zero-order valence-corrected chi connectivity index (χ0v) is 10.3. The maximum Gasteiger partial charge on any atom is 0.434 e. The Morgan fingerprint density at radius 1 is 1.18 bits per heavy atom. The van der Waals surface area contributed by atoms with Crippen molar-refractivity contribution in [3.05, 3.63) is 0 Å². The molecule has 0 aromatic heterocycles. The third kappa shape index (κ3) is 3.44. The first-order chi connectivity index (χ1) is 8.10. The quantitative estimate of drug-likeness (QED) is 0.682. The number of hydrogen-bond acceptors (Lipinski definition) is 4. The Kier molecular flexibility index (Phi) is 4.93. The van der Waals surface area contributed by atoms with Gasteiger partial charge in [0.25, 0.3) is 11.8 Å². The van der Waals surface area contributed by atoms with Gasteiger partial charge in [-0.3, -0.25) is 9.59 Å². The molecule has 1 saturated heterocycles. The summed E-state index contributed by atoms with van der Waals surface area (Å²) in [6, 6.07) is 0. The normalized spacial score (nSPS) is 15.3. The van der Waals surface area contributed by atoms with Crippen LogP contribution in [0.25, 0.3) is 0 Å². The molecular weight excluding hydrogens is 224 g/mol. The molecule has 0 bridgehead atoms. The Morgan fingerprint density at radius 2 is 1.65 bits per heavy atom. The van der Waals surface area contributed by atoms with Crippen molar-refractivity contribution in [1.82, 2.24) is 9.96 Å². The molecule has 1 fully saturated rings. The van der Waals surface area contributed by atoms with Gasteiger partial charge in [0.2, 0.25) is 0 Å². The first kappa shape index (κ1) is 13.5. The van der Waals surface area contributed by atoms with Crippen molar-refractivity contribution in [3.8, 4) is 0 Å². The summed E-state index contributed by atoms with van der Waals surface area (Å²) >= 11 is 0. The van der Waals surface area contributed by atoms with E-state index in [0.717, 1.165) is 12.8 Å². The van der Waals surface area contributed by atoms with Crippen LogP contribution in [0.15, 0.2) is 0 Å². The molecule has 0 atom stereocenters. The predicted octanol–water partition coefficient (Wildman–Crippen LogP) is 1.31. The van der Waals surface area contributed by atoms with Gasteiger partial charge < -0.3 is 9.74 Å². The van der Waals surface area contributed by atoms with Crippen LogP contribution < -0.4 is 0 Å². The molecule has 17 heavy (non-hydrogen) atoms. The summed E-state index contributed by atoms with van der Waals surface area (Å²) < 4.78 is 0. The SMILES string of the molecule is CCCN(CCC)C(=O)ON1C(=O)CCC1=O. The fraction of sp³-hybridized carbons (Fsp3) is 0.727. The molecule has 1 rings (SSSR count). The standard InChI is InChI=1S/C11H18N2O4/c1-3-7-12(8-4-2)11(16)17-13-9(14)5-6-10(13)15/h3-8H2,1-2H3. The molecule has 1 heterocycles. The van der Waals surface area contributed by atoms with Gasteiger partial charge in [0.1, 0.15) is 0 Å². The van der Waals surface area contributed by atoms with Gasteiger partial charge in [0.05, 0.1) is 0 Å². The Labute approximate surface area is 100 Å². The fourth-order valence-corrected chi connectivity index (χ4v) is 1.63. The van der Waals surface area contributed by atoms with Gasteiger partial charge in [0.15, 0.2) is 0 Å². The lowest BCUT2D eigenvalue weighted by Gasteiger charge is -2.22. The molecule has 1 aliphatic heterocycles. The lowest BCUT2D eigenvalue weighted by Crippen LogP contribution is -2.40. The molecule has 3 amide bonds. The van der Waals surface area contributed by atoms with Crippen LogP contribution in [-0.2, 0) is 14.4 Å². The summed E-state index contributed by atoms with van der Waals surface area (Å²) in [5.74, 6) is -0.896. The Bertz CT molecular complexity index is 295.